The average molecular weight is 414 g/mol. The molecule has 1 aliphatic carbocycles. The summed E-state index contributed by atoms with van der Waals surface area (Å²) in [5, 5.41) is 11.1. The first kappa shape index (κ1) is 16.3. The maximum absolute atomic E-state index is 13.3. The van der Waals surface area contributed by atoms with Gasteiger partial charge in [-0.1, -0.05) is 12.5 Å². The Morgan fingerprint density at radius 2 is 2.17 bits per heavy atom. The Balaban J connectivity index is 1.53. The fraction of sp³-hybridized carbons (Fsp3) is 0.333. The lowest BCUT2D eigenvalue weighted by atomic mass is 10.0. The van der Waals surface area contributed by atoms with E-state index in [1.165, 1.54) is 35.4 Å². The van der Waals surface area contributed by atoms with Crippen molar-refractivity contribution in [3.05, 3.63) is 60.3 Å². The molecule has 1 fully saturated rings. The van der Waals surface area contributed by atoms with E-state index in [-0.39, 0.29) is 23.3 Å². The second-order valence-electron chi connectivity index (χ2n) is 6.97. The number of amides is 1. The summed E-state index contributed by atoms with van der Waals surface area (Å²) in [7, 11) is -2.74. The lowest BCUT2D eigenvalue weighted by molar-refractivity contribution is 0.0915. The van der Waals surface area contributed by atoms with Gasteiger partial charge in [0.2, 0.25) is 5.88 Å². The summed E-state index contributed by atoms with van der Waals surface area (Å²) in [6.45, 7) is 0.296. The second-order valence-corrected chi connectivity index (χ2v) is 6.97. The predicted molar refractivity (Wildman–Crippen MR) is 106 cm³/mol. The van der Waals surface area contributed by atoms with E-state index < -0.39 is 18.8 Å². The number of methoxy groups -OCH3 is 1. The van der Waals surface area contributed by atoms with Crippen molar-refractivity contribution < 1.29 is 22.8 Å². The summed E-state index contributed by atoms with van der Waals surface area (Å²) in [5.74, 6) is -0.740. The SMILES string of the molecule is [2H]C([2H])([2H])Oc1cccc(-n2nccn2)c1C(=O)N[C@H]1CCC[C@@H]1COc1ccc(F)cn1. The number of ether oxygens (including phenoxy) is 2. The van der Waals surface area contributed by atoms with Crippen molar-refractivity contribution in [3.8, 4) is 17.3 Å². The molecule has 30 heavy (non-hydrogen) atoms. The summed E-state index contributed by atoms with van der Waals surface area (Å²) in [6, 6.07) is 7.10. The molecular weight excluding hydrogens is 389 g/mol. The average Bonchev–Trinajstić information content (AvgIpc) is 3.44. The van der Waals surface area contributed by atoms with Crippen LogP contribution in [-0.2, 0) is 0 Å². The number of benzene rings is 1. The van der Waals surface area contributed by atoms with E-state index in [4.69, 9.17) is 13.6 Å². The fourth-order valence-electron chi connectivity index (χ4n) is 3.65. The van der Waals surface area contributed by atoms with Crippen LogP contribution in [0.1, 0.15) is 33.7 Å². The third-order valence-electron chi connectivity index (χ3n) is 5.10. The van der Waals surface area contributed by atoms with Gasteiger partial charge in [-0.05, 0) is 31.0 Å². The molecule has 2 atom stereocenters. The van der Waals surface area contributed by atoms with E-state index in [0.717, 1.165) is 25.5 Å². The highest BCUT2D eigenvalue weighted by molar-refractivity contribution is 6.00. The zero-order chi connectivity index (χ0) is 23.4. The predicted octanol–water partition coefficient (Wildman–Crippen LogP) is 2.79. The number of carbonyl (C=O) groups is 1. The van der Waals surface area contributed by atoms with E-state index in [1.54, 1.807) is 12.1 Å². The van der Waals surface area contributed by atoms with Crippen LogP contribution in [0, 0.1) is 11.7 Å². The molecule has 0 aliphatic heterocycles. The van der Waals surface area contributed by atoms with Crippen molar-refractivity contribution in [1.29, 1.82) is 0 Å². The molecule has 2 aromatic heterocycles. The summed E-state index contributed by atoms with van der Waals surface area (Å²) < 4.78 is 46.2. The van der Waals surface area contributed by atoms with Crippen LogP contribution in [0.3, 0.4) is 0 Å². The van der Waals surface area contributed by atoms with Crippen LogP contribution in [0.5, 0.6) is 11.6 Å². The van der Waals surface area contributed by atoms with Crippen LogP contribution in [0.2, 0.25) is 0 Å². The van der Waals surface area contributed by atoms with Crippen LogP contribution in [-0.4, -0.2) is 45.6 Å². The Bertz CT molecular complexity index is 1090. The standard InChI is InChI=1S/C21H22FN5O3/c1-29-18-7-3-6-17(27-24-10-11-25-27)20(18)21(28)26-16-5-2-4-14(16)13-30-19-9-8-15(22)12-23-19/h3,6-12,14,16H,2,4-5,13H2,1H3,(H,26,28)/t14-,16+/m1/s1/i1D3. The maximum Gasteiger partial charge on any atom is 0.257 e. The molecular formula is C21H22FN5O3. The van der Waals surface area contributed by atoms with Crippen molar-refractivity contribution in [2.24, 2.45) is 5.92 Å². The van der Waals surface area contributed by atoms with Gasteiger partial charge < -0.3 is 14.8 Å². The molecule has 9 heteroatoms. The number of nitrogens with zero attached hydrogens (tertiary/aromatic N) is 4. The Morgan fingerprint density at radius 1 is 1.30 bits per heavy atom. The normalized spacial score (nSPS) is 20.1. The molecule has 2 heterocycles. The highest BCUT2D eigenvalue weighted by Crippen LogP contribution is 2.29. The van der Waals surface area contributed by atoms with Crippen molar-refractivity contribution in [2.75, 3.05) is 13.6 Å². The van der Waals surface area contributed by atoms with Gasteiger partial charge in [0.1, 0.15) is 22.8 Å². The summed E-state index contributed by atoms with van der Waals surface area (Å²) >= 11 is 0. The monoisotopic (exact) mass is 414 g/mol. The van der Waals surface area contributed by atoms with Crippen molar-refractivity contribution in [3.63, 3.8) is 0 Å². The smallest absolute Gasteiger partial charge is 0.257 e. The van der Waals surface area contributed by atoms with Gasteiger partial charge in [0.25, 0.3) is 5.91 Å². The van der Waals surface area contributed by atoms with E-state index >= 15 is 0 Å². The van der Waals surface area contributed by atoms with Crippen LogP contribution in [0.25, 0.3) is 5.69 Å². The minimum absolute atomic E-state index is 0.00257. The van der Waals surface area contributed by atoms with Crippen LogP contribution in [0.15, 0.2) is 48.9 Å². The van der Waals surface area contributed by atoms with Crippen LogP contribution < -0.4 is 14.8 Å². The van der Waals surface area contributed by atoms with E-state index in [1.807, 2.05) is 0 Å². The van der Waals surface area contributed by atoms with Gasteiger partial charge in [-0.2, -0.15) is 15.0 Å². The van der Waals surface area contributed by atoms with Crippen molar-refractivity contribution in [1.82, 2.24) is 25.3 Å². The molecule has 0 spiro atoms. The Labute approximate surface area is 177 Å². The number of carbonyl (C=O) groups excluding carboxylic acids is 1. The highest BCUT2D eigenvalue weighted by Gasteiger charge is 2.31. The molecule has 8 nitrogen and oxygen atoms in total. The zero-order valence-electron chi connectivity index (χ0n) is 19.0. The fourth-order valence-corrected chi connectivity index (χ4v) is 3.65. The molecule has 1 aromatic carbocycles. The Morgan fingerprint density at radius 3 is 2.93 bits per heavy atom. The van der Waals surface area contributed by atoms with E-state index in [2.05, 4.69) is 20.5 Å². The maximum atomic E-state index is 13.3. The minimum atomic E-state index is -2.74. The number of rotatable bonds is 7. The molecule has 1 saturated carbocycles. The van der Waals surface area contributed by atoms with Crippen LogP contribution >= 0.6 is 0 Å². The largest absolute Gasteiger partial charge is 0.496 e. The molecule has 156 valence electrons. The van der Waals surface area contributed by atoms with E-state index in [9.17, 15) is 9.18 Å². The third-order valence-corrected chi connectivity index (χ3v) is 5.10. The highest BCUT2D eigenvalue weighted by atomic mass is 19.1. The molecule has 0 unspecified atom stereocenters. The van der Waals surface area contributed by atoms with Gasteiger partial charge in [-0.3, -0.25) is 4.79 Å². The molecule has 0 bridgehead atoms. The zero-order valence-corrected chi connectivity index (χ0v) is 16.0. The topological polar surface area (TPSA) is 91.2 Å². The van der Waals surface area contributed by atoms with E-state index in [0.29, 0.717) is 18.2 Å². The number of hydrogen-bond acceptors (Lipinski definition) is 6. The van der Waals surface area contributed by atoms with Crippen molar-refractivity contribution >= 4 is 5.91 Å². The van der Waals surface area contributed by atoms with Gasteiger partial charge in [-0.15, -0.1) is 0 Å². The summed E-state index contributed by atoms with van der Waals surface area (Å²) in [6.07, 6.45) is 6.42. The molecule has 1 aliphatic rings. The molecule has 3 aromatic rings. The lowest BCUT2D eigenvalue weighted by Gasteiger charge is -2.22. The number of nitrogens with one attached hydrogen (secondary N) is 1. The number of hydrogen-bond donors (Lipinski definition) is 1. The van der Waals surface area contributed by atoms with Gasteiger partial charge in [-0.25, -0.2) is 9.37 Å². The van der Waals surface area contributed by atoms with Gasteiger partial charge in [0, 0.05) is 18.0 Å². The summed E-state index contributed by atoms with van der Waals surface area (Å²) in [4.78, 5) is 18.5. The van der Waals surface area contributed by atoms with Gasteiger partial charge in [0.05, 0.1) is 36.3 Å². The number of pyridine rings is 1. The van der Waals surface area contributed by atoms with Crippen LogP contribution in [0.4, 0.5) is 4.39 Å². The van der Waals surface area contributed by atoms with Gasteiger partial charge >= 0.3 is 0 Å². The first-order valence-corrected chi connectivity index (χ1v) is 9.54. The first-order valence-electron chi connectivity index (χ1n) is 11.0. The second kappa shape index (κ2) is 8.89. The quantitative estimate of drug-likeness (QED) is 0.639. The number of halogens is 1. The molecule has 0 saturated heterocycles. The molecule has 0 radical (unpaired) electrons. The molecule has 4 rings (SSSR count). The molecule has 1 N–H and O–H groups in total. The van der Waals surface area contributed by atoms with Crippen molar-refractivity contribution in [2.45, 2.75) is 25.3 Å². The molecule has 1 amide bonds. The van der Waals surface area contributed by atoms with Gasteiger partial charge in [0.15, 0.2) is 0 Å². The Hall–Kier alpha value is -3.49. The summed E-state index contributed by atoms with van der Waals surface area (Å²) in [5.41, 5.74) is 0.317. The number of aromatic nitrogens is 4. The Kier molecular flexibility index (Phi) is 4.84. The minimum Gasteiger partial charge on any atom is -0.496 e. The lowest BCUT2D eigenvalue weighted by Crippen LogP contribution is -2.40. The first-order chi connectivity index (χ1) is 15.8. The third kappa shape index (κ3) is 4.24.